The first kappa shape index (κ1) is 15.3. The summed E-state index contributed by atoms with van der Waals surface area (Å²) in [6.45, 7) is 0.928. The van der Waals surface area contributed by atoms with Crippen molar-refractivity contribution in [2.45, 2.75) is 89.2 Å². The fourth-order valence-corrected chi connectivity index (χ4v) is 4.91. The van der Waals surface area contributed by atoms with Crippen LogP contribution < -0.4 is 0 Å². The van der Waals surface area contributed by atoms with Gasteiger partial charge in [0.1, 0.15) is 0 Å². The largest absolute Gasteiger partial charge is 0.393 e. The van der Waals surface area contributed by atoms with Gasteiger partial charge in [0, 0.05) is 24.9 Å². The molecule has 3 aliphatic rings. The van der Waals surface area contributed by atoms with Crippen LogP contribution in [0, 0.1) is 11.8 Å². The topological polar surface area (TPSA) is 40.5 Å². The fraction of sp³-hybridized carbons (Fsp3) is 0.944. The van der Waals surface area contributed by atoms with E-state index in [1.165, 1.54) is 32.1 Å². The number of amides is 1. The quantitative estimate of drug-likeness (QED) is 0.862. The molecule has 0 aromatic heterocycles. The average molecular weight is 293 g/mol. The molecular weight excluding hydrogens is 262 g/mol. The van der Waals surface area contributed by atoms with Gasteiger partial charge in [-0.2, -0.15) is 0 Å². The molecule has 3 heteroatoms. The lowest BCUT2D eigenvalue weighted by molar-refractivity contribution is -0.133. The number of aliphatic hydroxyl groups is 1. The van der Waals surface area contributed by atoms with Crippen molar-refractivity contribution in [3.05, 3.63) is 0 Å². The highest BCUT2D eigenvalue weighted by Crippen LogP contribution is 2.36. The van der Waals surface area contributed by atoms with Gasteiger partial charge in [-0.05, 0) is 38.0 Å². The molecule has 3 nitrogen and oxygen atoms in total. The number of aliphatic hydroxyl groups excluding tert-OH is 1. The molecule has 0 spiro atoms. The van der Waals surface area contributed by atoms with Gasteiger partial charge in [-0.3, -0.25) is 4.79 Å². The Morgan fingerprint density at radius 2 is 1.76 bits per heavy atom. The summed E-state index contributed by atoms with van der Waals surface area (Å²) in [6, 6.07) is 0.335. The lowest BCUT2D eigenvalue weighted by atomic mass is 9.86. The number of nitrogens with zero attached hydrogens (tertiary/aromatic N) is 1. The van der Waals surface area contributed by atoms with Crippen molar-refractivity contribution in [3.8, 4) is 0 Å². The van der Waals surface area contributed by atoms with Crippen LogP contribution in [0.1, 0.15) is 77.0 Å². The van der Waals surface area contributed by atoms with Gasteiger partial charge in [-0.25, -0.2) is 0 Å². The molecule has 2 saturated carbocycles. The lowest BCUT2D eigenvalue weighted by Crippen LogP contribution is -2.42. The summed E-state index contributed by atoms with van der Waals surface area (Å²) in [7, 11) is 0. The van der Waals surface area contributed by atoms with E-state index in [9.17, 15) is 9.90 Å². The van der Waals surface area contributed by atoms with Crippen molar-refractivity contribution >= 4 is 5.91 Å². The summed E-state index contributed by atoms with van der Waals surface area (Å²) in [4.78, 5) is 14.7. The lowest BCUT2D eigenvalue weighted by Gasteiger charge is -2.32. The van der Waals surface area contributed by atoms with Gasteiger partial charge in [0.2, 0.25) is 5.91 Å². The third kappa shape index (κ3) is 3.61. The fourth-order valence-electron chi connectivity index (χ4n) is 4.91. The smallest absolute Gasteiger partial charge is 0.222 e. The molecule has 0 aromatic carbocycles. The average Bonchev–Trinajstić information content (AvgIpc) is 3.14. The molecule has 3 rings (SSSR count). The number of rotatable bonds is 4. The summed E-state index contributed by atoms with van der Waals surface area (Å²) in [5.41, 5.74) is 0. The normalized spacial score (nSPS) is 34.5. The molecule has 3 unspecified atom stereocenters. The summed E-state index contributed by atoms with van der Waals surface area (Å²) in [5.74, 6) is 1.51. The SMILES string of the molecule is O=C(CCC1CCCCC1)N1CCCC1C1CCCC1O. The summed E-state index contributed by atoms with van der Waals surface area (Å²) < 4.78 is 0. The Morgan fingerprint density at radius 1 is 0.952 bits per heavy atom. The molecule has 3 fully saturated rings. The molecule has 21 heavy (non-hydrogen) atoms. The molecule has 3 atom stereocenters. The van der Waals surface area contributed by atoms with E-state index in [1.54, 1.807) is 0 Å². The van der Waals surface area contributed by atoms with Crippen molar-refractivity contribution in [2.75, 3.05) is 6.54 Å². The summed E-state index contributed by atoms with van der Waals surface area (Å²) in [5, 5.41) is 10.1. The Hall–Kier alpha value is -0.570. The monoisotopic (exact) mass is 293 g/mol. The zero-order chi connectivity index (χ0) is 14.7. The van der Waals surface area contributed by atoms with Crippen LogP contribution in [0.5, 0.6) is 0 Å². The van der Waals surface area contributed by atoms with Gasteiger partial charge in [-0.15, -0.1) is 0 Å². The molecule has 1 aliphatic heterocycles. The van der Waals surface area contributed by atoms with Gasteiger partial charge >= 0.3 is 0 Å². The Balaban J connectivity index is 1.50. The number of likely N-dealkylation sites (tertiary alicyclic amines) is 1. The van der Waals surface area contributed by atoms with Crippen LogP contribution in [0.25, 0.3) is 0 Å². The highest BCUT2D eigenvalue weighted by Gasteiger charge is 2.39. The van der Waals surface area contributed by atoms with Gasteiger partial charge < -0.3 is 10.0 Å². The van der Waals surface area contributed by atoms with Crippen LogP contribution in [0.4, 0.5) is 0 Å². The first-order chi connectivity index (χ1) is 10.3. The molecule has 0 aromatic rings. The summed E-state index contributed by atoms with van der Waals surface area (Å²) >= 11 is 0. The van der Waals surface area contributed by atoms with Crippen molar-refractivity contribution < 1.29 is 9.90 Å². The second-order valence-corrected chi connectivity index (χ2v) is 7.50. The van der Waals surface area contributed by atoms with E-state index in [4.69, 9.17) is 0 Å². The van der Waals surface area contributed by atoms with Crippen LogP contribution >= 0.6 is 0 Å². The maximum absolute atomic E-state index is 12.6. The van der Waals surface area contributed by atoms with Gasteiger partial charge in [-0.1, -0.05) is 38.5 Å². The second kappa shape index (κ2) is 7.13. The highest BCUT2D eigenvalue weighted by atomic mass is 16.3. The Kier molecular flexibility index (Phi) is 5.20. The van der Waals surface area contributed by atoms with Crippen LogP contribution in [0.2, 0.25) is 0 Å². The van der Waals surface area contributed by atoms with E-state index < -0.39 is 0 Å². The number of hydrogen-bond acceptors (Lipinski definition) is 2. The van der Waals surface area contributed by atoms with Crippen molar-refractivity contribution in [3.63, 3.8) is 0 Å². The third-order valence-electron chi connectivity index (χ3n) is 6.14. The minimum Gasteiger partial charge on any atom is -0.393 e. The number of hydrogen-bond donors (Lipinski definition) is 1. The zero-order valence-electron chi connectivity index (χ0n) is 13.3. The summed E-state index contributed by atoms with van der Waals surface area (Å²) in [6.07, 6.45) is 13.9. The first-order valence-electron chi connectivity index (χ1n) is 9.23. The Bertz CT molecular complexity index is 351. The molecule has 0 bridgehead atoms. The van der Waals surface area contributed by atoms with Gasteiger partial charge in [0.05, 0.1) is 6.10 Å². The highest BCUT2D eigenvalue weighted by molar-refractivity contribution is 5.76. The van der Waals surface area contributed by atoms with Crippen LogP contribution in [0.3, 0.4) is 0 Å². The van der Waals surface area contributed by atoms with Crippen molar-refractivity contribution in [1.29, 1.82) is 0 Å². The van der Waals surface area contributed by atoms with Crippen LogP contribution in [-0.4, -0.2) is 34.6 Å². The van der Waals surface area contributed by atoms with E-state index in [0.29, 0.717) is 17.9 Å². The zero-order valence-corrected chi connectivity index (χ0v) is 13.3. The predicted octanol–water partition coefficient (Wildman–Crippen LogP) is 3.50. The van der Waals surface area contributed by atoms with E-state index in [2.05, 4.69) is 4.90 Å². The standard InChI is InChI=1S/C18H31NO2/c20-17-10-4-8-15(17)16-9-5-13-19(16)18(21)12-11-14-6-2-1-3-7-14/h14-17,20H,1-13H2. The van der Waals surface area contributed by atoms with Crippen LogP contribution in [0.15, 0.2) is 0 Å². The molecule has 1 amide bonds. The van der Waals surface area contributed by atoms with Crippen molar-refractivity contribution in [1.82, 2.24) is 4.90 Å². The minimum atomic E-state index is -0.165. The van der Waals surface area contributed by atoms with E-state index >= 15 is 0 Å². The number of carbonyl (C=O) groups excluding carboxylic acids is 1. The second-order valence-electron chi connectivity index (χ2n) is 7.50. The van der Waals surface area contributed by atoms with E-state index in [1.807, 2.05) is 0 Å². The Labute approximate surface area is 129 Å². The first-order valence-corrected chi connectivity index (χ1v) is 9.23. The van der Waals surface area contributed by atoms with Crippen molar-refractivity contribution in [2.24, 2.45) is 11.8 Å². The maximum Gasteiger partial charge on any atom is 0.222 e. The number of carbonyl (C=O) groups is 1. The van der Waals surface area contributed by atoms with E-state index in [-0.39, 0.29) is 6.10 Å². The minimum absolute atomic E-state index is 0.165. The van der Waals surface area contributed by atoms with Crippen LogP contribution in [-0.2, 0) is 4.79 Å². The maximum atomic E-state index is 12.6. The third-order valence-corrected chi connectivity index (χ3v) is 6.14. The van der Waals surface area contributed by atoms with Gasteiger partial charge in [0.15, 0.2) is 0 Å². The van der Waals surface area contributed by atoms with Gasteiger partial charge in [0.25, 0.3) is 0 Å². The molecule has 1 heterocycles. The molecule has 1 N–H and O–H groups in total. The Morgan fingerprint density at radius 3 is 2.48 bits per heavy atom. The molecule has 0 radical (unpaired) electrons. The molecule has 2 aliphatic carbocycles. The van der Waals surface area contributed by atoms with E-state index in [0.717, 1.165) is 57.4 Å². The molecular formula is C18H31NO2. The molecule has 120 valence electrons. The predicted molar refractivity (Wildman–Crippen MR) is 83.9 cm³/mol. The molecule has 1 saturated heterocycles.